The predicted molar refractivity (Wildman–Crippen MR) is 60.6 cm³/mol. The molecule has 0 spiro atoms. The quantitative estimate of drug-likeness (QED) is 0.497. The van der Waals surface area contributed by atoms with E-state index in [9.17, 15) is 23.7 Å². The maximum atomic E-state index is 12.6. The number of carbonyl (C=O) groups excluding carboxylic acids is 1. The molecule has 0 fully saturated rings. The summed E-state index contributed by atoms with van der Waals surface area (Å²) in [5.41, 5.74) is 2.91. The summed E-state index contributed by atoms with van der Waals surface area (Å²) in [4.78, 5) is 24.5. The molecule has 2 N–H and O–H groups in total. The van der Waals surface area contributed by atoms with Crippen LogP contribution in [0.25, 0.3) is 0 Å². The fourth-order valence-corrected chi connectivity index (χ4v) is 1.42. The van der Waals surface area contributed by atoms with E-state index in [0.717, 1.165) is 0 Å². The Bertz CT molecular complexity index is 508. The molecule has 0 amide bonds. The number of hydrogen-bond donors (Lipinski definition) is 1. The number of nitrogens with two attached hydrogens (primary N) is 1. The van der Waals surface area contributed by atoms with Crippen molar-refractivity contribution < 1.29 is 23.2 Å². The summed E-state index contributed by atoms with van der Waals surface area (Å²) in [7, 11) is 0. The number of rotatable bonds is 5. The Balaban J connectivity index is 3.20. The molecule has 7 nitrogen and oxygen atoms in total. The second-order valence-corrected chi connectivity index (χ2v) is 3.46. The number of aromatic nitrogens is 1. The number of nitrogen functional groups attached to an aromatic ring is 1. The fraction of sp³-hybridized carbons (Fsp3) is 0.400. The van der Waals surface area contributed by atoms with Crippen molar-refractivity contribution in [3.05, 3.63) is 27.6 Å². The van der Waals surface area contributed by atoms with Crippen molar-refractivity contribution in [2.24, 2.45) is 0 Å². The number of nitrogens with zero attached hydrogens (tertiary/aromatic N) is 2. The Morgan fingerprint density at radius 1 is 1.63 bits per heavy atom. The van der Waals surface area contributed by atoms with Gasteiger partial charge in [0, 0.05) is 6.20 Å². The van der Waals surface area contributed by atoms with Crippen LogP contribution in [-0.2, 0) is 16.0 Å². The molecule has 104 valence electrons. The number of carbonyl (C=O) groups is 1. The molecule has 0 saturated carbocycles. The first-order valence-electron chi connectivity index (χ1n) is 5.23. The van der Waals surface area contributed by atoms with Gasteiger partial charge in [0.15, 0.2) is 0 Å². The van der Waals surface area contributed by atoms with Gasteiger partial charge in [0.05, 0.1) is 23.6 Å². The zero-order valence-corrected chi connectivity index (χ0v) is 9.93. The van der Waals surface area contributed by atoms with Crippen LogP contribution < -0.4 is 5.73 Å². The topological polar surface area (TPSA) is 108 Å². The first-order chi connectivity index (χ1) is 8.88. The van der Waals surface area contributed by atoms with Crippen molar-refractivity contribution in [1.29, 1.82) is 0 Å². The van der Waals surface area contributed by atoms with Crippen LogP contribution in [0.1, 0.15) is 24.6 Å². The number of halogens is 2. The average Bonchev–Trinajstić information content (AvgIpc) is 2.30. The van der Waals surface area contributed by atoms with Crippen LogP contribution in [0, 0.1) is 10.1 Å². The summed E-state index contributed by atoms with van der Waals surface area (Å²) in [6.45, 7) is 1.70. The molecule has 0 atom stereocenters. The second-order valence-electron chi connectivity index (χ2n) is 3.46. The smallest absolute Gasteiger partial charge is 0.311 e. The Morgan fingerprint density at radius 2 is 2.26 bits per heavy atom. The number of ether oxygens (including phenoxy) is 1. The molecule has 19 heavy (non-hydrogen) atoms. The highest BCUT2D eigenvalue weighted by molar-refractivity contribution is 5.76. The van der Waals surface area contributed by atoms with E-state index in [1.54, 1.807) is 6.92 Å². The van der Waals surface area contributed by atoms with Gasteiger partial charge in [-0.25, -0.2) is 8.78 Å². The fourth-order valence-electron chi connectivity index (χ4n) is 1.42. The molecule has 0 aromatic carbocycles. The lowest BCUT2D eigenvalue weighted by molar-refractivity contribution is -0.385. The summed E-state index contributed by atoms with van der Waals surface area (Å²) in [5, 5.41) is 10.8. The maximum Gasteiger partial charge on any atom is 0.311 e. The van der Waals surface area contributed by atoms with Crippen LogP contribution in [0.15, 0.2) is 6.20 Å². The van der Waals surface area contributed by atoms with Crippen molar-refractivity contribution >= 4 is 17.3 Å². The highest BCUT2D eigenvalue weighted by Crippen LogP contribution is 2.34. The summed E-state index contributed by atoms with van der Waals surface area (Å²) >= 11 is 0. The van der Waals surface area contributed by atoms with Crippen LogP contribution in [0.2, 0.25) is 0 Å². The predicted octanol–water partition coefficient (Wildman–Crippen LogP) is 1.62. The van der Waals surface area contributed by atoms with Crippen LogP contribution in [0.4, 0.5) is 20.2 Å². The van der Waals surface area contributed by atoms with Crippen molar-refractivity contribution in [1.82, 2.24) is 4.98 Å². The lowest BCUT2D eigenvalue weighted by Gasteiger charge is -2.08. The van der Waals surface area contributed by atoms with Gasteiger partial charge >= 0.3 is 11.7 Å². The third-order valence-corrected chi connectivity index (χ3v) is 2.23. The van der Waals surface area contributed by atoms with E-state index in [2.05, 4.69) is 9.72 Å². The number of esters is 1. The Kier molecular flexibility index (Phi) is 4.67. The molecule has 0 unspecified atom stereocenters. The average molecular weight is 275 g/mol. The van der Waals surface area contributed by atoms with E-state index in [1.807, 2.05) is 0 Å². The zero-order valence-electron chi connectivity index (χ0n) is 9.93. The third-order valence-electron chi connectivity index (χ3n) is 2.23. The molecule has 0 saturated heterocycles. The van der Waals surface area contributed by atoms with Crippen molar-refractivity contribution in [2.45, 2.75) is 19.8 Å². The maximum absolute atomic E-state index is 12.6. The molecule has 0 aliphatic heterocycles. The summed E-state index contributed by atoms with van der Waals surface area (Å²) in [5.74, 6) is -0.694. The molecule has 0 radical (unpaired) electrons. The summed E-state index contributed by atoms with van der Waals surface area (Å²) < 4.78 is 29.8. The van der Waals surface area contributed by atoms with Gasteiger partial charge in [-0.15, -0.1) is 0 Å². The number of anilines is 1. The summed E-state index contributed by atoms with van der Waals surface area (Å²) in [6, 6.07) is 0. The molecule has 9 heteroatoms. The molecule has 1 heterocycles. The molecular formula is C10H11F2N3O4. The first kappa shape index (κ1) is 14.7. The largest absolute Gasteiger partial charge is 0.466 e. The van der Waals surface area contributed by atoms with Gasteiger partial charge in [-0.1, -0.05) is 0 Å². The van der Waals surface area contributed by atoms with Crippen molar-refractivity contribution in [3.8, 4) is 0 Å². The van der Waals surface area contributed by atoms with Gasteiger partial charge in [0.25, 0.3) is 6.43 Å². The van der Waals surface area contributed by atoms with Gasteiger partial charge in [0.2, 0.25) is 0 Å². The lowest BCUT2D eigenvalue weighted by atomic mass is 10.1. The SMILES string of the molecule is CCOC(=O)Cc1ncc(C(F)F)c([N+](=O)[O-])c1N. The molecule has 0 bridgehead atoms. The molecular weight excluding hydrogens is 264 g/mol. The molecule has 1 aromatic rings. The standard InChI is InChI=1S/C10H11F2N3O4/c1-2-19-7(16)3-6-8(13)9(15(17)18)5(4-14-6)10(11)12/h4,10H,2-3,13H2,1H3. The highest BCUT2D eigenvalue weighted by Gasteiger charge is 2.28. The van der Waals surface area contributed by atoms with Gasteiger partial charge in [-0.2, -0.15) is 0 Å². The Morgan fingerprint density at radius 3 is 2.74 bits per heavy atom. The van der Waals surface area contributed by atoms with Gasteiger partial charge < -0.3 is 10.5 Å². The molecule has 1 rings (SSSR count). The minimum atomic E-state index is -3.08. The Labute approximate surface area is 106 Å². The third kappa shape index (κ3) is 3.33. The second kappa shape index (κ2) is 6.03. The number of pyridine rings is 1. The van der Waals surface area contributed by atoms with E-state index >= 15 is 0 Å². The van der Waals surface area contributed by atoms with E-state index in [-0.39, 0.29) is 12.3 Å². The number of hydrogen-bond acceptors (Lipinski definition) is 6. The first-order valence-corrected chi connectivity index (χ1v) is 5.23. The minimum absolute atomic E-state index is 0.121. The minimum Gasteiger partial charge on any atom is -0.466 e. The van der Waals surface area contributed by atoms with Crippen LogP contribution in [0.3, 0.4) is 0 Å². The molecule has 1 aromatic heterocycles. The van der Waals surface area contributed by atoms with E-state index in [1.165, 1.54) is 0 Å². The number of nitro groups is 1. The van der Waals surface area contributed by atoms with Gasteiger partial charge in [-0.05, 0) is 6.92 Å². The highest BCUT2D eigenvalue weighted by atomic mass is 19.3. The molecule has 0 aliphatic rings. The van der Waals surface area contributed by atoms with Gasteiger partial charge in [-0.3, -0.25) is 19.9 Å². The monoisotopic (exact) mass is 275 g/mol. The molecule has 0 aliphatic carbocycles. The zero-order chi connectivity index (χ0) is 14.6. The van der Waals surface area contributed by atoms with Crippen LogP contribution >= 0.6 is 0 Å². The Hall–Kier alpha value is -2.32. The van der Waals surface area contributed by atoms with E-state index < -0.39 is 40.7 Å². The van der Waals surface area contributed by atoms with E-state index in [4.69, 9.17) is 5.73 Å². The lowest BCUT2D eigenvalue weighted by Crippen LogP contribution is -2.13. The van der Waals surface area contributed by atoms with Crippen LogP contribution in [-0.4, -0.2) is 22.5 Å². The van der Waals surface area contributed by atoms with Crippen molar-refractivity contribution in [2.75, 3.05) is 12.3 Å². The normalized spacial score (nSPS) is 10.5. The van der Waals surface area contributed by atoms with Gasteiger partial charge in [0.1, 0.15) is 11.3 Å². The van der Waals surface area contributed by atoms with Crippen LogP contribution in [0.5, 0.6) is 0 Å². The summed E-state index contributed by atoms with van der Waals surface area (Å²) in [6.07, 6.45) is -2.84. The number of alkyl halides is 2. The van der Waals surface area contributed by atoms with Crippen molar-refractivity contribution in [3.63, 3.8) is 0 Å². The van der Waals surface area contributed by atoms with E-state index in [0.29, 0.717) is 6.20 Å².